The smallest absolute Gasteiger partial charge is 0.0193 e. The van der Waals surface area contributed by atoms with Gasteiger partial charge in [0.1, 0.15) is 0 Å². The Morgan fingerprint density at radius 2 is 2.06 bits per heavy atom. The van der Waals surface area contributed by atoms with Gasteiger partial charge in [-0.25, -0.2) is 0 Å². The van der Waals surface area contributed by atoms with Crippen LogP contribution in [0.1, 0.15) is 32.1 Å². The number of rotatable bonds is 4. The lowest BCUT2D eigenvalue weighted by molar-refractivity contribution is 0.264. The van der Waals surface area contributed by atoms with E-state index in [1.807, 2.05) is 11.8 Å². The molecule has 0 aliphatic heterocycles. The molecular formula is C15H21NS. The molecule has 2 fully saturated rings. The largest absolute Gasteiger partial charge is 0.325 e. The molecule has 3 rings (SSSR count). The average molecular weight is 247 g/mol. The zero-order valence-electron chi connectivity index (χ0n) is 10.3. The van der Waals surface area contributed by atoms with Crippen molar-refractivity contribution in [3.63, 3.8) is 0 Å². The van der Waals surface area contributed by atoms with Gasteiger partial charge < -0.3 is 5.73 Å². The van der Waals surface area contributed by atoms with Crippen molar-refractivity contribution >= 4 is 11.8 Å². The maximum absolute atomic E-state index is 6.60. The lowest BCUT2D eigenvalue weighted by Crippen LogP contribution is -2.45. The molecule has 1 nitrogen and oxygen atoms in total. The fraction of sp³-hybridized carbons (Fsp3) is 0.600. The molecule has 2 saturated carbocycles. The van der Waals surface area contributed by atoms with Gasteiger partial charge >= 0.3 is 0 Å². The first-order valence-corrected chi connectivity index (χ1v) is 7.71. The minimum absolute atomic E-state index is 0.171. The fourth-order valence-corrected chi connectivity index (χ4v) is 4.74. The van der Waals surface area contributed by atoms with E-state index in [2.05, 4.69) is 30.3 Å². The zero-order chi connectivity index (χ0) is 11.7. The summed E-state index contributed by atoms with van der Waals surface area (Å²) in [7, 11) is 0. The van der Waals surface area contributed by atoms with Crippen molar-refractivity contribution in [2.75, 3.05) is 5.75 Å². The maximum Gasteiger partial charge on any atom is 0.0193 e. The first kappa shape index (κ1) is 11.6. The first-order valence-electron chi connectivity index (χ1n) is 6.73. The second-order valence-electron chi connectivity index (χ2n) is 5.72. The molecule has 0 spiro atoms. The van der Waals surface area contributed by atoms with E-state index in [0.717, 1.165) is 11.8 Å². The summed E-state index contributed by atoms with van der Waals surface area (Å²) in [5.74, 6) is 2.94. The third kappa shape index (κ3) is 2.38. The Bertz CT molecular complexity index is 378. The molecule has 2 heteroatoms. The fourth-order valence-electron chi connectivity index (χ4n) is 3.67. The van der Waals surface area contributed by atoms with Gasteiger partial charge in [0.2, 0.25) is 0 Å². The van der Waals surface area contributed by atoms with E-state index in [-0.39, 0.29) is 5.54 Å². The Morgan fingerprint density at radius 1 is 1.24 bits per heavy atom. The number of fused-ring (bicyclic) bond motifs is 2. The summed E-state index contributed by atoms with van der Waals surface area (Å²) in [5.41, 5.74) is 6.77. The molecule has 17 heavy (non-hydrogen) atoms. The standard InChI is InChI=1S/C15H21NS/c16-15(11-12-6-7-13(15)10-12)8-9-17-14-4-2-1-3-5-14/h1-5,12-13H,6-11,16H2. The SMILES string of the molecule is NC1(CCSc2ccccc2)CC2CCC1C2. The highest BCUT2D eigenvalue weighted by Crippen LogP contribution is 2.51. The number of hydrogen-bond acceptors (Lipinski definition) is 2. The number of thioether (sulfide) groups is 1. The summed E-state index contributed by atoms with van der Waals surface area (Å²) >= 11 is 1.95. The Hall–Kier alpha value is -0.470. The minimum atomic E-state index is 0.171. The van der Waals surface area contributed by atoms with Gasteiger partial charge in [-0.2, -0.15) is 0 Å². The summed E-state index contributed by atoms with van der Waals surface area (Å²) in [5, 5.41) is 0. The molecule has 2 aliphatic rings. The Balaban J connectivity index is 1.52. The van der Waals surface area contributed by atoms with Crippen LogP contribution in [0.15, 0.2) is 35.2 Å². The van der Waals surface area contributed by atoms with E-state index in [1.165, 1.54) is 42.8 Å². The van der Waals surface area contributed by atoms with Crippen molar-refractivity contribution in [1.29, 1.82) is 0 Å². The highest BCUT2D eigenvalue weighted by atomic mass is 32.2. The molecule has 0 saturated heterocycles. The number of benzene rings is 1. The van der Waals surface area contributed by atoms with Crippen LogP contribution in [-0.2, 0) is 0 Å². The van der Waals surface area contributed by atoms with Gasteiger partial charge in [0.05, 0.1) is 0 Å². The van der Waals surface area contributed by atoms with Crippen LogP contribution >= 0.6 is 11.8 Å². The highest BCUT2D eigenvalue weighted by Gasteiger charge is 2.47. The minimum Gasteiger partial charge on any atom is -0.325 e. The number of nitrogens with two attached hydrogens (primary N) is 1. The highest BCUT2D eigenvalue weighted by molar-refractivity contribution is 7.99. The van der Waals surface area contributed by atoms with Gasteiger partial charge in [-0.15, -0.1) is 11.8 Å². The molecule has 0 radical (unpaired) electrons. The van der Waals surface area contributed by atoms with Crippen LogP contribution in [0, 0.1) is 11.8 Å². The molecule has 2 aliphatic carbocycles. The molecule has 3 unspecified atom stereocenters. The van der Waals surface area contributed by atoms with Gasteiger partial charge in [-0.1, -0.05) is 24.6 Å². The molecule has 2 bridgehead atoms. The first-order chi connectivity index (χ1) is 8.26. The molecule has 1 aromatic rings. The molecule has 0 amide bonds. The second-order valence-corrected chi connectivity index (χ2v) is 6.89. The Kier molecular flexibility index (Phi) is 3.18. The normalized spacial score (nSPS) is 35.4. The third-order valence-electron chi connectivity index (χ3n) is 4.60. The summed E-state index contributed by atoms with van der Waals surface area (Å²) in [6.45, 7) is 0. The van der Waals surface area contributed by atoms with Crippen LogP contribution < -0.4 is 5.73 Å². The van der Waals surface area contributed by atoms with Crippen LogP contribution in [0.3, 0.4) is 0 Å². The van der Waals surface area contributed by atoms with E-state index < -0.39 is 0 Å². The summed E-state index contributed by atoms with van der Waals surface area (Å²) in [6.07, 6.45) is 6.71. The third-order valence-corrected chi connectivity index (χ3v) is 5.62. The van der Waals surface area contributed by atoms with E-state index in [4.69, 9.17) is 5.73 Å². The summed E-state index contributed by atoms with van der Waals surface area (Å²) < 4.78 is 0. The van der Waals surface area contributed by atoms with Gasteiger partial charge in [-0.05, 0) is 55.4 Å². The monoisotopic (exact) mass is 247 g/mol. The van der Waals surface area contributed by atoms with Crippen LogP contribution in [0.5, 0.6) is 0 Å². The zero-order valence-corrected chi connectivity index (χ0v) is 11.1. The van der Waals surface area contributed by atoms with Gasteiger partial charge in [0.25, 0.3) is 0 Å². The van der Waals surface area contributed by atoms with Crippen molar-refractivity contribution in [3.8, 4) is 0 Å². The van der Waals surface area contributed by atoms with Gasteiger partial charge in [0.15, 0.2) is 0 Å². The van der Waals surface area contributed by atoms with Crippen molar-refractivity contribution in [3.05, 3.63) is 30.3 Å². The summed E-state index contributed by atoms with van der Waals surface area (Å²) in [6, 6.07) is 10.7. The Labute approximate surface area is 108 Å². The van der Waals surface area contributed by atoms with Crippen LogP contribution in [0.2, 0.25) is 0 Å². The maximum atomic E-state index is 6.60. The molecule has 0 aromatic heterocycles. The van der Waals surface area contributed by atoms with Crippen LogP contribution in [0.4, 0.5) is 0 Å². The van der Waals surface area contributed by atoms with E-state index in [1.54, 1.807) is 0 Å². The summed E-state index contributed by atoms with van der Waals surface area (Å²) in [4.78, 5) is 1.37. The van der Waals surface area contributed by atoms with Gasteiger partial charge in [-0.3, -0.25) is 0 Å². The van der Waals surface area contributed by atoms with Crippen molar-refractivity contribution in [2.24, 2.45) is 17.6 Å². The van der Waals surface area contributed by atoms with Crippen LogP contribution in [0.25, 0.3) is 0 Å². The lowest BCUT2D eigenvalue weighted by Gasteiger charge is -2.33. The van der Waals surface area contributed by atoms with Crippen molar-refractivity contribution in [2.45, 2.75) is 42.5 Å². The molecule has 0 heterocycles. The average Bonchev–Trinajstić information content (AvgIpc) is 2.90. The lowest BCUT2D eigenvalue weighted by atomic mass is 9.80. The molecule has 1 aromatic carbocycles. The quantitative estimate of drug-likeness (QED) is 0.821. The molecule has 3 atom stereocenters. The van der Waals surface area contributed by atoms with Crippen molar-refractivity contribution < 1.29 is 0 Å². The number of hydrogen-bond donors (Lipinski definition) is 1. The second kappa shape index (κ2) is 4.66. The Morgan fingerprint density at radius 3 is 2.71 bits per heavy atom. The predicted molar refractivity (Wildman–Crippen MR) is 74.1 cm³/mol. The van der Waals surface area contributed by atoms with Crippen molar-refractivity contribution in [1.82, 2.24) is 0 Å². The topological polar surface area (TPSA) is 26.0 Å². The molecular weight excluding hydrogens is 226 g/mol. The van der Waals surface area contributed by atoms with E-state index >= 15 is 0 Å². The van der Waals surface area contributed by atoms with Crippen LogP contribution in [-0.4, -0.2) is 11.3 Å². The van der Waals surface area contributed by atoms with E-state index in [0.29, 0.717) is 0 Å². The predicted octanol–water partition coefficient (Wildman–Crippen LogP) is 3.69. The molecule has 2 N–H and O–H groups in total. The van der Waals surface area contributed by atoms with Gasteiger partial charge in [0, 0.05) is 10.4 Å². The van der Waals surface area contributed by atoms with E-state index in [9.17, 15) is 0 Å². The molecule has 92 valence electrons.